The highest BCUT2D eigenvalue weighted by Gasteiger charge is 2.07. The maximum atomic E-state index is 11.2. The van der Waals surface area contributed by atoms with Crippen LogP contribution in [0.15, 0.2) is 255 Å². The van der Waals surface area contributed by atoms with E-state index >= 15 is 0 Å². The monoisotopic (exact) mass is 1480 g/mol. The summed E-state index contributed by atoms with van der Waals surface area (Å²) < 4.78 is 45.1. The van der Waals surface area contributed by atoms with Crippen LogP contribution in [0.2, 0.25) is 0 Å². The Balaban J connectivity index is 0.000000319. The lowest BCUT2D eigenvalue weighted by molar-refractivity contribution is 0.0999. The van der Waals surface area contributed by atoms with E-state index in [0.29, 0.717) is 44.5 Å². The summed E-state index contributed by atoms with van der Waals surface area (Å²) in [5, 5.41) is 2.14. The number of ether oxygens (including phenoxy) is 9. The van der Waals surface area contributed by atoms with Crippen molar-refractivity contribution in [3.63, 3.8) is 0 Å². The van der Waals surface area contributed by atoms with Gasteiger partial charge in [0, 0.05) is 56.1 Å². The standard InChI is InChI=1S/C14H14O2.C13H12O2.3C10H10O2.2C9H10O2.2C8H10O2/c1-15-13-7-3-11(4-8-13)12-5-9-14(16-2)10-6-12;1-9(14)10-3-4-12-8-13(15-2)6-5-11(12)7-10;2*1-7(11)9-3-5-10(6-4-9)8(2)12;1-7(11)9-4-3-5-10(6-9)8(2)12;2*1-7(10)8-3-5-9(11-2)6-4-8;1-9-7-3-5-8(10-2)6-4-7;1-9-7-4-3-5-8(6-7)10-2/h3-10H,1-2H3;3-8H,1-2H3;3*3-6H,1-2H3;2*3-6H,1-2H3;2*3-6H,1-2H3. The normalized spacial score (nSPS) is 9.52. The van der Waals surface area contributed by atoms with Gasteiger partial charge in [0.1, 0.15) is 51.7 Å². The maximum absolute atomic E-state index is 11.2. The summed E-state index contributed by atoms with van der Waals surface area (Å²) in [4.78, 5) is 98.0. The highest BCUT2D eigenvalue weighted by atomic mass is 16.5. The van der Waals surface area contributed by atoms with Crippen molar-refractivity contribution in [2.75, 3.05) is 64.0 Å². The fourth-order valence-corrected chi connectivity index (χ4v) is 9.06. The molecule has 0 aliphatic heterocycles. The molecule has 0 heterocycles. The zero-order valence-electron chi connectivity index (χ0n) is 65.1. The third kappa shape index (κ3) is 33.3. The number of fused-ring (bicyclic) bond motifs is 1. The summed E-state index contributed by atoms with van der Waals surface area (Å²) >= 11 is 0. The van der Waals surface area contributed by atoms with Gasteiger partial charge in [0.05, 0.1) is 64.0 Å². The van der Waals surface area contributed by atoms with Gasteiger partial charge in [-0.1, -0.05) is 115 Å². The molecule has 11 rings (SSSR count). The van der Waals surface area contributed by atoms with Crippen LogP contribution in [0.4, 0.5) is 0 Å². The smallest absolute Gasteiger partial charge is 0.159 e. The SMILES string of the molecule is CC(=O)c1ccc(C(C)=O)cc1.CC(=O)c1ccc(C(C)=O)cc1.CC(=O)c1cccc(C(C)=O)c1.COc1ccc(-c2ccc(OC)cc2)cc1.COc1ccc(C(C)=O)cc1.COc1ccc(C(C)=O)cc1.COc1ccc(OC)cc1.COc1ccc2cc(C(C)=O)ccc2c1.COc1cccc(OC)c1. The van der Waals surface area contributed by atoms with Crippen molar-refractivity contribution in [2.24, 2.45) is 0 Å². The summed E-state index contributed by atoms with van der Waals surface area (Å²) in [6.07, 6.45) is 0. The molecule has 0 N–H and O–H groups in total. The van der Waals surface area contributed by atoms with Gasteiger partial charge in [-0.3, -0.25) is 43.2 Å². The lowest BCUT2D eigenvalue weighted by Crippen LogP contribution is -1.96. The second-order valence-corrected chi connectivity index (χ2v) is 23.3. The predicted octanol–water partition coefficient (Wildman–Crippen LogP) is 19.9. The van der Waals surface area contributed by atoms with E-state index < -0.39 is 0 Å². The van der Waals surface area contributed by atoms with E-state index in [0.717, 1.165) is 68.1 Å². The summed E-state index contributed by atoms with van der Waals surface area (Å²) in [6.45, 7) is 13.6. The second-order valence-electron chi connectivity index (χ2n) is 23.3. The van der Waals surface area contributed by atoms with Crippen molar-refractivity contribution in [2.45, 2.75) is 62.3 Å². The first-order valence-electron chi connectivity index (χ1n) is 34.0. The summed E-state index contributed by atoms with van der Waals surface area (Å²) in [5.74, 6) is 7.74. The van der Waals surface area contributed by atoms with Crippen LogP contribution in [0.25, 0.3) is 21.9 Å². The first-order chi connectivity index (χ1) is 52.1. The molecular formula is C91H96O18. The number of carbonyl (C=O) groups excluding carboxylic acids is 9. The minimum absolute atomic E-state index is 0.0156. The summed E-state index contributed by atoms with van der Waals surface area (Å²) in [5.41, 5.74) is 8.24. The zero-order chi connectivity index (χ0) is 81.0. The third-order valence-electron chi connectivity index (χ3n) is 15.6. The lowest BCUT2D eigenvalue weighted by atomic mass is 10.0. The molecule has 0 aliphatic carbocycles. The maximum Gasteiger partial charge on any atom is 0.159 e. The predicted molar refractivity (Wildman–Crippen MR) is 430 cm³/mol. The molecule has 0 atom stereocenters. The van der Waals surface area contributed by atoms with Crippen LogP contribution in [0.3, 0.4) is 0 Å². The molecule has 0 spiro atoms. The first-order valence-corrected chi connectivity index (χ1v) is 34.0. The second kappa shape index (κ2) is 48.8. The number of benzene rings is 11. The molecular weight excluding hydrogens is 1380 g/mol. The fourth-order valence-electron chi connectivity index (χ4n) is 9.06. The quantitative estimate of drug-likeness (QED) is 0.0684. The molecule has 109 heavy (non-hydrogen) atoms. The number of Topliss-reactive ketones (excluding diaryl/α,β-unsaturated/α-hetero) is 9. The number of hydrogen-bond donors (Lipinski definition) is 0. The molecule has 11 aromatic carbocycles. The van der Waals surface area contributed by atoms with Gasteiger partial charge in [0.2, 0.25) is 0 Å². The van der Waals surface area contributed by atoms with Gasteiger partial charge < -0.3 is 42.6 Å². The Morgan fingerprint density at radius 2 is 0.339 bits per heavy atom. The first kappa shape index (κ1) is 90.1. The van der Waals surface area contributed by atoms with Crippen molar-refractivity contribution in [1.82, 2.24) is 0 Å². The Hall–Kier alpha value is -13.1. The van der Waals surface area contributed by atoms with Gasteiger partial charge in [-0.15, -0.1) is 0 Å². The van der Waals surface area contributed by atoms with Gasteiger partial charge >= 0.3 is 0 Å². The van der Waals surface area contributed by atoms with E-state index in [1.54, 1.807) is 206 Å². The molecule has 11 aromatic rings. The lowest BCUT2D eigenvalue weighted by Gasteiger charge is -2.05. The Bertz CT molecular complexity index is 4370. The van der Waals surface area contributed by atoms with Gasteiger partial charge in [0.15, 0.2) is 52.0 Å². The summed E-state index contributed by atoms with van der Waals surface area (Å²) in [6, 6.07) is 76.6. The van der Waals surface area contributed by atoms with E-state index in [-0.39, 0.29) is 52.0 Å². The molecule has 0 saturated heterocycles. The average molecular weight is 1480 g/mol. The molecule has 0 bridgehead atoms. The van der Waals surface area contributed by atoms with Crippen LogP contribution in [0, 0.1) is 0 Å². The number of rotatable bonds is 19. The molecule has 0 aliphatic rings. The fraction of sp³-hybridized carbons (Fsp3) is 0.198. The van der Waals surface area contributed by atoms with Crippen LogP contribution in [0.1, 0.15) is 156 Å². The molecule has 0 amide bonds. The Labute approximate surface area is 639 Å². The molecule has 18 nitrogen and oxygen atoms in total. The van der Waals surface area contributed by atoms with Crippen molar-refractivity contribution in [3.05, 3.63) is 305 Å². The van der Waals surface area contributed by atoms with Crippen LogP contribution >= 0.6 is 0 Å². The van der Waals surface area contributed by atoms with Crippen LogP contribution in [-0.4, -0.2) is 116 Å². The molecule has 0 unspecified atom stereocenters. The Morgan fingerprint density at radius 3 is 0.587 bits per heavy atom. The Kier molecular flexibility index (Phi) is 40.4. The molecule has 568 valence electrons. The van der Waals surface area contributed by atoms with Crippen LogP contribution < -0.4 is 42.6 Å². The van der Waals surface area contributed by atoms with Gasteiger partial charge in [0.25, 0.3) is 0 Å². The number of hydrogen-bond acceptors (Lipinski definition) is 18. The third-order valence-corrected chi connectivity index (χ3v) is 15.6. The van der Waals surface area contributed by atoms with Crippen molar-refractivity contribution in [3.8, 4) is 62.9 Å². The van der Waals surface area contributed by atoms with E-state index in [1.807, 2.05) is 133 Å². The van der Waals surface area contributed by atoms with Crippen molar-refractivity contribution >= 4 is 62.8 Å². The van der Waals surface area contributed by atoms with E-state index in [2.05, 4.69) is 0 Å². The topological polar surface area (TPSA) is 237 Å². The van der Waals surface area contributed by atoms with Crippen LogP contribution in [-0.2, 0) is 0 Å². The molecule has 0 saturated carbocycles. The molecule has 18 heteroatoms. The molecule has 0 aromatic heterocycles. The van der Waals surface area contributed by atoms with E-state index in [4.69, 9.17) is 42.6 Å². The number of methoxy groups -OCH3 is 9. The number of ketones is 9. The minimum atomic E-state index is -0.0156. The van der Waals surface area contributed by atoms with Crippen molar-refractivity contribution in [1.29, 1.82) is 0 Å². The van der Waals surface area contributed by atoms with E-state index in [9.17, 15) is 43.2 Å². The minimum Gasteiger partial charge on any atom is -0.497 e. The zero-order valence-corrected chi connectivity index (χ0v) is 65.1. The van der Waals surface area contributed by atoms with Crippen LogP contribution in [0.5, 0.6) is 51.7 Å². The van der Waals surface area contributed by atoms with Gasteiger partial charge in [-0.2, -0.15) is 0 Å². The largest absolute Gasteiger partial charge is 0.497 e. The van der Waals surface area contributed by atoms with E-state index in [1.165, 1.54) is 52.7 Å². The van der Waals surface area contributed by atoms with Crippen molar-refractivity contribution < 1.29 is 85.8 Å². The molecule has 0 radical (unpaired) electrons. The van der Waals surface area contributed by atoms with Gasteiger partial charge in [-0.25, -0.2) is 0 Å². The number of carbonyl (C=O) groups is 9. The average Bonchev–Trinajstić information content (AvgIpc) is 0.822. The highest BCUT2D eigenvalue weighted by Crippen LogP contribution is 2.26. The summed E-state index contributed by atoms with van der Waals surface area (Å²) in [7, 11) is 14.7. The van der Waals surface area contributed by atoms with Gasteiger partial charge in [-0.05, 0) is 218 Å². The Morgan fingerprint density at radius 1 is 0.165 bits per heavy atom. The highest BCUT2D eigenvalue weighted by molar-refractivity contribution is 6.01. The molecule has 0 fully saturated rings.